The first-order valence-electron chi connectivity index (χ1n) is 10.4. The van der Waals surface area contributed by atoms with Gasteiger partial charge in [-0.25, -0.2) is 0 Å². The number of benzene rings is 2. The van der Waals surface area contributed by atoms with Gasteiger partial charge in [-0.3, -0.25) is 24.6 Å². The summed E-state index contributed by atoms with van der Waals surface area (Å²) in [7, 11) is 0. The van der Waals surface area contributed by atoms with Crippen LogP contribution in [0.4, 0.5) is 10.5 Å². The first kappa shape index (κ1) is 22.5. The van der Waals surface area contributed by atoms with Crippen molar-refractivity contribution in [3.8, 4) is 5.69 Å². The number of hydrogen-bond donors (Lipinski definition) is 0. The second-order valence-corrected chi connectivity index (χ2v) is 9.19. The topological polar surface area (TPSA) is 85.4 Å². The van der Waals surface area contributed by atoms with Gasteiger partial charge in [0.2, 0.25) is 0 Å². The summed E-state index contributed by atoms with van der Waals surface area (Å²) in [6.45, 7) is 8.21. The summed E-state index contributed by atoms with van der Waals surface area (Å²) in [5.74, 6) is -0.362. The van der Waals surface area contributed by atoms with E-state index in [1.807, 2.05) is 19.9 Å². The van der Waals surface area contributed by atoms with Crippen molar-refractivity contribution in [3.05, 3.63) is 97.2 Å². The van der Waals surface area contributed by atoms with Crippen molar-refractivity contribution < 1.29 is 14.5 Å². The Bertz CT molecular complexity index is 1300. The zero-order valence-electron chi connectivity index (χ0n) is 18.8. The third-order valence-electron chi connectivity index (χ3n) is 5.58. The third kappa shape index (κ3) is 4.47. The highest BCUT2D eigenvalue weighted by Gasteiger charge is 2.35. The average Bonchev–Trinajstić information content (AvgIpc) is 3.17. The number of nitro groups is 1. The van der Waals surface area contributed by atoms with E-state index in [1.165, 1.54) is 28.2 Å². The van der Waals surface area contributed by atoms with Crippen LogP contribution in [0, 0.1) is 37.8 Å². The van der Waals surface area contributed by atoms with E-state index >= 15 is 0 Å². The van der Waals surface area contributed by atoms with Crippen molar-refractivity contribution in [1.29, 1.82) is 0 Å². The summed E-state index contributed by atoms with van der Waals surface area (Å²) in [4.78, 5) is 37.4. The van der Waals surface area contributed by atoms with E-state index in [4.69, 9.17) is 0 Å². The number of hydrogen-bond acceptors (Lipinski definition) is 5. The predicted octanol–water partition coefficient (Wildman–Crippen LogP) is 5.86. The summed E-state index contributed by atoms with van der Waals surface area (Å²) in [6.07, 6.45) is 1.77. The molecule has 0 atom stereocenters. The smallest absolute Gasteiger partial charge is 0.293 e. The summed E-state index contributed by atoms with van der Waals surface area (Å²) >= 11 is 0.910. The van der Waals surface area contributed by atoms with E-state index in [9.17, 15) is 19.7 Å². The Hall–Kier alpha value is -3.65. The van der Waals surface area contributed by atoms with E-state index in [0.29, 0.717) is 10.5 Å². The summed E-state index contributed by atoms with van der Waals surface area (Å²) < 4.78 is 2.15. The summed E-state index contributed by atoms with van der Waals surface area (Å²) in [5, 5.41) is 10.5. The first-order valence-corrected chi connectivity index (χ1v) is 11.2. The van der Waals surface area contributed by atoms with Gasteiger partial charge < -0.3 is 4.57 Å². The van der Waals surface area contributed by atoms with Crippen molar-refractivity contribution in [2.75, 3.05) is 0 Å². The van der Waals surface area contributed by atoms with Gasteiger partial charge in [0.25, 0.3) is 16.8 Å². The van der Waals surface area contributed by atoms with E-state index in [1.54, 1.807) is 18.2 Å². The number of aryl methyl sites for hydroxylation is 3. The highest BCUT2D eigenvalue weighted by molar-refractivity contribution is 8.18. The molecule has 8 heteroatoms. The standard InChI is InChI=1S/C25H23N3O4S/c1-15-9-16(2)11-22(10-15)27-17(3)12-20(18(27)4)13-23-24(29)26(25(30)33-23)14-19-5-7-21(8-6-19)28(31)32/h5-13H,14H2,1-4H3/b23-13-. The number of aromatic nitrogens is 1. The molecule has 0 aliphatic carbocycles. The molecule has 2 heterocycles. The third-order valence-corrected chi connectivity index (χ3v) is 6.49. The molecule has 1 aromatic heterocycles. The zero-order chi connectivity index (χ0) is 23.9. The van der Waals surface area contributed by atoms with Crippen LogP contribution in [0.25, 0.3) is 11.8 Å². The number of carbonyl (C=O) groups excluding carboxylic acids is 2. The van der Waals surface area contributed by atoms with Gasteiger partial charge in [-0.15, -0.1) is 0 Å². The minimum absolute atomic E-state index is 0.0352. The molecule has 2 amide bonds. The molecule has 0 N–H and O–H groups in total. The Morgan fingerprint density at radius 1 is 0.970 bits per heavy atom. The Labute approximate surface area is 195 Å². The van der Waals surface area contributed by atoms with Crippen LogP contribution >= 0.6 is 11.8 Å². The van der Waals surface area contributed by atoms with E-state index in [0.717, 1.165) is 34.4 Å². The number of amides is 2. The normalized spacial score (nSPS) is 15.0. The maximum Gasteiger partial charge on any atom is 0.293 e. The molecule has 0 spiro atoms. The van der Waals surface area contributed by atoms with Gasteiger partial charge in [-0.2, -0.15) is 0 Å². The van der Waals surface area contributed by atoms with Crippen LogP contribution in [-0.2, 0) is 11.3 Å². The molecule has 1 aliphatic heterocycles. The quantitative estimate of drug-likeness (QED) is 0.270. The fourth-order valence-corrected chi connectivity index (χ4v) is 4.92. The number of nitrogens with zero attached hydrogens (tertiary/aromatic N) is 3. The molecular formula is C25H23N3O4S. The molecule has 7 nitrogen and oxygen atoms in total. The van der Waals surface area contributed by atoms with Gasteiger partial charge in [0, 0.05) is 29.2 Å². The van der Waals surface area contributed by atoms with Crippen LogP contribution in [0.5, 0.6) is 0 Å². The first-order chi connectivity index (χ1) is 15.6. The molecule has 4 rings (SSSR count). The molecule has 33 heavy (non-hydrogen) atoms. The van der Waals surface area contributed by atoms with Gasteiger partial charge in [-0.1, -0.05) is 18.2 Å². The van der Waals surface area contributed by atoms with Gasteiger partial charge >= 0.3 is 0 Å². The van der Waals surface area contributed by atoms with Gasteiger partial charge in [0.05, 0.1) is 16.4 Å². The van der Waals surface area contributed by atoms with Crippen molar-refractivity contribution in [2.45, 2.75) is 34.2 Å². The van der Waals surface area contributed by atoms with Gasteiger partial charge in [0.15, 0.2) is 0 Å². The molecule has 0 saturated carbocycles. The molecule has 0 bridgehead atoms. The monoisotopic (exact) mass is 461 g/mol. The minimum atomic E-state index is -0.485. The molecule has 0 radical (unpaired) electrons. The van der Waals surface area contributed by atoms with E-state index in [-0.39, 0.29) is 23.4 Å². The van der Waals surface area contributed by atoms with Gasteiger partial charge in [-0.05, 0) is 86.0 Å². The summed E-state index contributed by atoms with van der Waals surface area (Å²) in [5.41, 5.74) is 6.93. The SMILES string of the molecule is Cc1cc(C)cc(-n2c(C)cc(/C=C3\SC(=O)N(Cc4ccc([N+](=O)[O-])cc4)C3=O)c2C)c1. The molecule has 2 aromatic carbocycles. The molecule has 1 aliphatic rings. The van der Waals surface area contributed by atoms with Crippen molar-refractivity contribution in [2.24, 2.45) is 0 Å². The van der Waals surface area contributed by atoms with Crippen LogP contribution in [-0.4, -0.2) is 25.5 Å². The summed E-state index contributed by atoms with van der Waals surface area (Å²) in [6, 6.07) is 14.2. The van der Waals surface area contributed by atoms with Crippen LogP contribution in [0.1, 0.15) is 33.6 Å². The fourth-order valence-electron chi connectivity index (χ4n) is 4.09. The molecule has 0 unspecified atom stereocenters. The Morgan fingerprint density at radius 3 is 2.21 bits per heavy atom. The number of nitro benzene ring substituents is 1. The van der Waals surface area contributed by atoms with Crippen LogP contribution in [0.15, 0.2) is 53.4 Å². The van der Waals surface area contributed by atoms with E-state index in [2.05, 4.69) is 36.6 Å². The fraction of sp³-hybridized carbons (Fsp3) is 0.200. The van der Waals surface area contributed by atoms with Gasteiger partial charge in [0.1, 0.15) is 0 Å². The van der Waals surface area contributed by atoms with Crippen LogP contribution in [0.2, 0.25) is 0 Å². The highest BCUT2D eigenvalue weighted by atomic mass is 32.2. The number of thioether (sulfide) groups is 1. The molecule has 168 valence electrons. The lowest BCUT2D eigenvalue weighted by molar-refractivity contribution is -0.384. The number of carbonyl (C=O) groups is 2. The Kier molecular flexibility index (Phi) is 5.95. The maximum absolute atomic E-state index is 13.0. The molecule has 1 fully saturated rings. The lowest BCUT2D eigenvalue weighted by Gasteiger charge is -2.12. The number of imide groups is 1. The molecule has 1 saturated heterocycles. The molecule has 3 aromatic rings. The minimum Gasteiger partial charge on any atom is -0.318 e. The second kappa shape index (κ2) is 8.71. The van der Waals surface area contributed by atoms with Crippen LogP contribution < -0.4 is 0 Å². The van der Waals surface area contributed by atoms with E-state index < -0.39 is 4.92 Å². The second-order valence-electron chi connectivity index (χ2n) is 8.20. The Morgan fingerprint density at radius 2 is 1.61 bits per heavy atom. The maximum atomic E-state index is 13.0. The number of rotatable bonds is 5. The van der Waals surface area contributed by atoms with Crippen molar-refractivity contribution in [3.63, 3.8) is 0 Å². The highest BCUT2D eigenvalue weighted by Crippen LogP contribution is 2.35. The lowest BCUT2D eigenvalue weighted by Crippen LogP contribution is -2.27. The van der Waals surface area contributed by atoms with Crippen LogP contribution in [0.3, 0.4) is 0 Å². The molecular weight excluding hydrogens is 438 g/mol. The average molecular weight is 462 g/mol. The Balaban J connectivity index is 1.60. The van der Waals surface area contributed by atoms with Crippen molar-refractivity contribution in [1.82, 2.24) is 9.47 Å². The predicted molar refractivity (Wildman–Crippen MR) is 129 cm³/mol. The number of non-ortho nitro benzene ring substituents is 1. The lowest BCUT2D eigenvalue weighted by atomic mass is 10.1. The zero-order valence-corrected chi connectivity index (χ0v) is 19.6. The largest absolute Gasteiger partial charge is 0.318 e. The van der Waals surface area contributed by atoms with Crippen molar-refractivity contribution >= 4 is 34.7 Å².